The van der Waals surface area contributed by atoms with Crippen molar-refractivity contribution in [2.75, 3.05) is 32.7 Å². The van der Waals surface area contributed by atoms with Gasteiger partial charge in [-0.2, -0.15) is 0 Å². The molecule has 0 saturated carbocycles. The Hall–Kier alpha value is -0.0800. The molecular weight excluding hydrogens is 160 g/mol. The molecule has 0 radical (unpaired) electrons. The van der Waals surface area contributed by atoms with Gasteiger partial charge in [0.2, 0.25) is 0 Å². The first kappa shape index (κ1) is 11.0. The topological polar surface area (TPSA) is 15.3 Å². The van der Waals surface area contributed by atoms with E-state index in [1.54, 1.807) is 0 Å². The Kier molecular flexibility index (Phi) is 4.20. The summed E-state index contributed by atoms with van der Waals surface area (Å²) in [5, 5.41) is 3.44. The van der Waals surface area contributed by atoms with E-state index in [1.807, 2.05) is 0 Å². The highest BCUT2D eigenvalue weighted by molar-refractivity contribution is 4.71. The molecule has 0 aromatic rings. The maximum atomic E-state index is 3.44. The van der Waals surface area contributed by atoms with Gasteiger partial charge in [-0.05, 0) is 44.4 Å². The Morgan fingerprint density at radius 1 is 1.08 bits per heavy atom. The SMILES string of the molecule is CC(C)(C)CN1CCCNCCC1. The molecule has 1 saturated heterocycles. The van der Waals surface area contributed by atoms with Gasteiger partial charge in [0.1, 0.15) is 0 Å². The second-order valence-electron chi connectivity index (χ2n) is 5.29. The summed E-state index contributed by atoms with van der Waals surface area (Å²) in [6.45, 7) is 13.1. The summed E-state index contributed by atoms with van der Waals surface area (Å²) in [5.41, 5.74) is 0.451. The molecule has 13 heavy (non-hydrogen) atoms. The van der Waals surface area contributed by atoms with Crippen molar-refractivity contribution in [2.24, 2.45) is 5.41 Å². The lowest BCUT2D eigenvalue weighted by Crippen LogP contribution is -2.38. The molecule has 0 aliphatic carbocycles. The zero-order chi connectivity index (χ0) is 9.73. The van der Waals surface area contributed by atoms with Crippen molar-refractivity contribution in [3.63, 3.8) is 0 Å². The van der Waals surface area contributed by atoms with Gasteiger partial charge in [-0.1, -0.05) is 20.8 Å². The lowest BCUT2D eigenvalue weighted by atomic mass is 9.96. The minimum Gasteiger partial charge on any atom is -0.317 e. The maximum absolute atomic E-state index is 3.44. The molecule has 0 aromatic heterocycles. The molecule has 1 aliphatic rings. The van der Waals surface area contributed by atoms with Crippen molar-refractivity contribution in [3.8, 4) is 0 Å². The van der Waals surface area contributed by atoms with Gasteiger partial charge in [0.05, 0.1) is 0 Å². The Balaban J connectivity index is 2.29. The molecule has 1 N–H and O–H groups in total. The molecule has 0 amide bonds. The van der Waals surface area contributed by atoms with Crippen molar-refractivity contribution in [2.45, 2.75) is 33.6 Å². The maximum Gasteiger partial charge on any atom is 0.00301 e. The average molecular weight is 184 g/mol. The molecule has 0 unspecified atom stereocenters. The van der Waals surface area contributed by atoms with Gasteiger partial charge >= 0.3 is 0 Å². The monoisotopic (exact) mass is 184 g/mol. The summed E-state index contributed by atoms with van der Waals surface area (Å²) in [7, 11) is 0. The third kappa shape index (κ3) is 5.27. The quantitative estimate of drug-likeness (QED) is 0.667. The second kappa shape index (κ2) is 4.97. The predicted octanol–water partition coefficient (Wildman–Crippen LogP) is 1.72. The van der Waals surface area contributed by atoms with Crippen LogP contribution < -0.4 is 5.32 Å². The number of hydrogen-bond acceptors (Lipinski definition) is 2. The molecule has 2 nitrogen and oxygen atoms in total. The van der Waals surface area contributed by atoms with E-state index in [0.717, 1.165) is 0 Å². The lowest BCUT2D eigenvalue weighted by Gasteiger charge is -2.31. The Labute approximate surface area is 82.7 Å². The summed E-state index contributed by atoms with van der Waals surface area (Å²) in [6.07, 6.45) is 2.60. The van der Waals surface area contributed by atoms with Crippen LogP contribution in [0.2, 0.25) is 0 Å². The first-order valence-electron chi connectivity index (χ1n) is 5.51. The minimum atomic E-state index is 0.451. The molecule has 0 bridgehead atoms. The Bertz CT molecular complexity index is 130. The van der Waals surface area contributed by atoms with E-state index in [2.05, 4.69) is 31.0 Å². The van der Waals surface area contributed by atoms with Crippen LogP contribution in [0.3, 0.4) is 0 Å². The first-order valence-corrected chi connectivity index (χ1v) is 5.51. The largest absolute Gasteiger partial charge is 0.317 e. The van der Waals surface area contributed by atoms with E-state index in [0.29, 0.717) is 5.41 Å². The van der Waals surface area contributed by atoms with Crippen LogP contribution in [0.5, 0.6) is 0 Å². The van der Waals surface area contributed by atoms with Crippen LogP contribution in [0.25, 0.3) is 0 Å². The van der Waals surface area contributed by atoms with Crippen LogP contribution in [-0.2, 0) is 0 Å². The molecule has 0 atom stereocenters. The van der Waals surface area contributed by atoms with Gasteiger partial charge in [0.15, 0.2) is 0 Å². The third-order valence-corrected chi connectivity index (χ3v) is 2.35. The van der Waals surface area contributed by atoms with Crippen LogP contribution in [-0.4, -0.2) is 37.6 Å². The van der Waals surface area contributed by atoms with Crippen LogP contribution >= 0.6 is 0 Å². The van der Waals surface area contributed by atoms with Crippen LogP contribution in [0, 0.1) is 5.41 Å². The summed E-state index contributed by atoms with van der Waals surface area (Å²) < 4.78 is 0. The van der Waals surface area contributed by atoms with Gasteiger partial charge in [0.25, 0.3) is 0 Å². The fourth-order valence-electron chi connectivity index (χ4n) is 1.92. The molecule has 1 fully saturated rings. The summed E-state index contributed by atoms with van der Waals surface area (Å²) in [4.78, 5) is 2.61. The van der Waals surface area contributed by atoms with Crippen LogP contribution in [0.4, 0.5) is 0 Å². The van der Waals surface area contributed by atoms with E-state index in [1.165, 1.54) is 45.6 Å². The molecular formula is C11H24N2. The molecule has 2 heteroatoms. The van der Waals surface area contributed by atoms with E-state index in [9.17, 15) is 0 Å². The van der Waals surface area contributed by atoms with Gasteiger partial charge < -0.3 is 10.2 Å². The summed E-state index contributed by atoms with van der Waals surface area (Å²) in [6, 6.07) is 0. The minimum absolute atomic E-state index is 0.451. The molecule has 78 valence electrons. The number of rotatable bonds is 1. The summed E-state index contributed by atoms with van der Waals surface area (Å²) in [5.74, 6) is 0. The lowest BCUT2D eigenvalue weighted by molar-refractivity contribution is 0.180. The third-order valence-electron chi connectivity index (χ3n) is 2.35. The van der Waals surface area contributed by atoms with E-state index in [4.69, 9.17) is 0 Å². The van der Waals surface area contributed by atoms with Crippen molar-refractivity contribution in [1.82, 2.24) is 10.2 Å². The van der Waals surface area contributed by atoms with Crippen molar-refractivity contribution >= 4 is 0 Å². The van der Waals surface area contributed by atoms with Crippen LogP contribution in [0.15, 0.2) is 0 Å². The number of nitrogens with one attached hydrogen (secondary N) is 1. The molecule has 0 spiro atoms. The zero-order valence-corrected chi connectivity index (χ0v) is 9.40. The van der Waals surface area contributed by atoms with Crippen molar-refractivity contribution in [1.29, 1.82) is 0 Å². The van der Waals surface area contributed by atoms with E-state index in [-0.39, 0.29) is 0 Å². The second-order valence-corrected chi connectivity index (χ2v) is 5.29. The summed E-state index contributed by atoms with van der Waals surface area (Å²) >= 11 is 0. The van der Waals surface area contributed by atoms with Gasteiger partial charge in [-0.25, -0.2) is 0 Å². The molecule has 1 rings (SSSR count). The van der Waals surface area contributed by atoms with Crippen LogP contribution in [0.1, 0.15) is 33.6 Å². The average Bonchev–Trinajstić information content (AvgIpc) is 1.92. The fourth-order valence-corrected chi connectivity index (χ4v) is 1.92. The van der Waals surface area contributed by atoms with Gasteiger partial charge in [-0.3, -0.25) is 0 Å². The highest BCUT2D eigenvalue weighted by Crippen LogP contribution is 2.15. The molecule has 1 aliphatic heterocycles. The van der Waals surface area contributed by atoms with Crippen molar-refractivity contribution in [3.05, 3.63) is 0 Å². The predicted molar refractivity (Wildman–Crippen MR) is 58.0 cm³/mol. The highest BCUT2D eigenvalue weighted by atomic mass is 15.1. The smallest absolute Gasteiger partial charge is 0.00301 e. The molecule has 0 aromatic carbocycles. The Morgan fingerprint density at radius 2 is 1.62 bits per heavy atom. The highest BCUT2D eigenvalue weighted by Gasteiger charge is 2.16. The normalized spacial score (nSPS) is 22.4. The number of hydrogen-bond donors (Lipinski definition) is 1. The van der Waals surface area contributed by atoms with E-state index >= 15 is 0 Å². The van der Waals surface area contributed by atoms with Gasteiger partial charge in [0, 0.05) is 6.54 Å². The fraction of sp³-hybridized carbons (Fsp3) is 1.00. The standard InChI is InChI=1S/C11H24N2/c1-11(2,3)10-13-8-4-6-12-7-5-9-13/h12H,4-10H2,1-3H3. The van der Waals surface area contributed by atoms with E-state index < -0.39 is 0 Å². The van der Waals surface area contributed by atoms with Crippen molar-refractivity contribution < 1.29 is 0 Å². The number of nitrogens with zero attached hydrogens (tertiary/aromatic N) is 1. The molecule has 1 heterocycles. The van der Waals surface area contributed by atoms with Gasteiger partial charge in [-0.15, -0.1) is 0 Å². The Morgan fingerprint density at radius 3 is 2.08 bits per heavy atom. The zero-order valence-electron chi connectivity index (χ0n) is 9.40. The first-order chi connectivity index (χ1) is 6.08.